The second-order valence-electron chi connectivity index (χ2n) is 8.05. The van der Waals surface area contributed by atoms with E-state index >= 15 is 0 Å². The van der Waals surface area contributed by atoms with Crippen LogP contribution in [-0.2, 0) is 9.47 Å². The highest BCUT2D eigenvalue weighted by Crippen LogP contribution is 2.37. The second-order valence-corrected chi connectivity index (χ2v) is 8.05. The maximum Gasteiger partial charge on any atom is 0.291 e. The van der Waals surface area contributed by atoms with E-state index in [1.165, 1.54) is 7.11 Å². The number of fused-ring (bicyclic) bond motifs is 4. The van der Waals surface area contributed by atoms with Crippen LogP contribution in [0.5, 0.6) is 5.75 Å². The smallest absolute Gasteiger partial charge is 0.291 e. The third kappa shape index (κ3) is 3.30. The number of aliphatic hydroxyl groups excluding tert-OH is 2. The van der Waals surface area contributed by atoms with Gasteiger partial charge in [0.25, 0.3) is 6.23 Å². The largest absolute Gasteiger partial charge is 1.00 e. The average Bonchev–Trinajstić information content (AvgIpc) is 3.12. The van der Waals surface area contributed by atoms with Crippen LogP contribution in [0.15, 0.2) is 36.7 Å². The second kappa shape index (κ2) is 8.03. The number of nitrogens with zero attached hydrogens (tertiary/aromatic N) is 1. The Labute approximate surface area is 189 Å². The number of hydrogen-bond donors (Lipinski definition) is 4. The van der Waals surface area contributed by atoms with Gasteiger partial charge in [-0.3, -0.25) is 0 Å². The normalized spacial score (nSPS) is 24.0. The van der Waals surface area contributed by atoms with E-state index in [0.717, 1.165) is 43.7 Å². The Morgan fingerprint density at radius 2 is 1.84 bits per heavy atom. The van der Waals surface area contributed by atoms with Crippen LogP contribution in [0.25, 0.3) is 32.6 Å². The third-order valence-corrected chi connectivity index (χ3v) is 6.37. The molecule has 1 aliphatic rings. The Bertz CT molecular complexity index is 1290. The summed E-state index contributed by atoms with van der Waals surface area (Å²) in [6, 6.07) is 7.34. The van der Waals surface area contributed by atoms with Crippen molar-refractivity contribution in [3.05, 3.63) is 47.8 Å². The lowest BCUT2D eigenvalue weighted by Crippen LogP contribution is -3.00. The van der Waals surface area contributed by atoms with Crippen molar-refractivity contribution in [3.63, 3.8) is 0 Å². The molecule has 2 aromatic carbocycles. The number of pyridine rings is 1. The minimum absolute atomic E-state index is 0. The number of rotatable bonds is 2. The van der Waals surface area contributed by atoms with Crippen molar-refractivity contribution in [2.45, 2.75) is 38.4 Å². The number of aromatic hydroxyl groups is 1. The summed E-state index contributed by atoms with van der Waals surface area (Å²) in [4.78, 5) is 3.48. The van der Waals surface area contributed by atoms with Gasteiger partial charge in [-0.25, -0.2) is 0 Å². The summed E-state index contributed by atoms with van der Waals surface area (Å²) < 4.78 is 12.8. The van der Waals surface area contributed by atoms with Crippen LogP contribution in [0, 0.1) is 13.8 Å². The number of hydrogen-bond acceptors (Lipinski definition) is 5. The van der Waals surface area contributed by atoms with E-state index in [2.05, 4.69) is 18.8 Å². The van der Waals surface area contributed by atoms with Crippen LogP contribution in [0.1, 0.15) is 17.4 Å². The first-order valence-corrected chi connectivity index (χ1v) is 9.99. The Morgan fingerprint density at radius 3 is 2.58 bits per heavy atom. The van der Waals surface area contributed by atoms with Crippen LogP contribution in [-0.4, -0.2) is 52.3 Å². The molecule has 1 fully saturated rings. The number of aryl methyl sites for hydroxylation is 2. The Hall–Kier alpha value is -2.23. The SMILES string of the molecule is CO[C@H]1CO[C@@H]([n+]2ccc3c(C)c4[nH]c5ccc(O)cc5c4c(C)c3c2)[C@H](O)[C@H]1O.[Br-]. The van der Waals surface area contributed by atoms with Gasteiger partial charge in [0.05, 0.1) is 12.1 Å². The first kappa shape index (κ1) is 22.0. The highest BCUT2D eigenvalue weighted by Gasteiger charge is 2.44. The van der Waals surface area contributed by atoms with Gasteiger partial charge in [-0.2, -0.15) is 4.57 Å². The Morgan fingerprint density at radius 1 is 1.06 bits per heavy atom. The molecule has 0 saturated carbocycles. The van der Waals surface area contributed by atoms with Gasteiger partial charge in [-0.1, -0.05) is 0 Å². The molecule has 0 unspecified atom stereocenters. The van der Waals surface area contributed by atoms with Gasteiger partial charge in [-0.05, 0) is 48.6 Å². The summed E-state index contributed by atoms with van der Waals surface area (Å²) in [5.41, 5.74) is 4.19. The van der Waals surface area contributed by atoms with Crippen molar-refractivity contribution < 1.29 is 46.3 Å². The number of phenols is 1. The van der Waals surface area contributed by atoms with Gasteiger partial charge in [0.1, 0.15) is 18.0 Å². The van der Waals surface area contributed by atoms with Crippen LogP contribution < -0.4 is 21.5 Å². The lowest BCUT2D eigenvalue weighted by Gasteiger charge is -2.33. The lowest BCUT2D eigenvalue weighted by molar-refractivity contribution is -0.774. The number of nitrogens with one attached hydrogen (secondary N) is 1. The summed E-state index contributed by atoms with van der Waals surface area (Å²) in [5.74, 6) is 0.226. The van der Waals surface area contributed by atoms with E-state index < -0.39 is 24.5 Å². The van der Waals surface area contributed by atoms with Crippen molar-refractivity contribution in [1.82, 2.24) is 4.98 Å². The van der Waals surface area contributed by atoms with Crippen LogP contribution in [0.3, 0.4) is 0 Å². The first-order valence-electron chi connectivity index (χ1n) is 9.99. The predicted molar refractivity (Wildman–Crippen MR) is 112 cm³/mol. The molecule has 0 bridgehead atoms. The molecule has 8 heteroatoms. The number of H-pyrrole nitrogens is 1. The van der Waals surface area contributed by atoms with E-state index in [4.69, 9.17) is 9.47 Å². The third-order valence-electron chi connectivity index (χ3n) is 6.37. The maximum absolute atomic E-state index is 10.6. The monoisotopic (exact) mass is 488 g/mol. The van der Waals surface area contributed by atoms with Crippen LogP contribution >= 0.6 is 0 Å². The molecule has 5 rings (SSSR count). The van der Waals surface area contributed by atoms with Gasteiger partial charge < -0.3 is 46.8 Å². The standard InChI is InChI=1S/C23H24N2O5.BrH/c1-11-16-9-25(23-22(28)21(27)18(29-3)10-30-23)7-6-14(16)12(2)20-19(11)15-8-13(26)4-5-17(15)24-20;/h4-9,18,21-23,26-28H,10H2,1-3H3;1H/t18-,21-,22+,23+;/m0./s1. The van der Waals surface area contributed by atoms with Gasteiger partial charge >= 0.3 is 0 Å². The predicted octanol–water partition coefficient (Wildman–Crippen LogP) is -0.646. The van der Waals surface area contributed by atoms with Crippen molar-refractivity contribution >= 4 is 32.6 Å². The first-order chi connectivity index (χ1) is 14.4. The van der Waals surface area contributed by atoms with E-state index in [-0.39, 0.29) is 29.3 Å². The fourth-order valence-corrected chi connectivity index (χ4v) is 4.67. The molecule has 0 aliphatic carbocycles. The molecule has 0 amide bonds. The maximum atomic E-state index is 10.6. The van der Waals surface area contributed by atoms with Gasteiger partial charge in [0.15, 0.2) is 18.5 Å². The summed E-state index contributed by atoms with van der Waals surface area (Å²) in [7, 11) is 1.49. The number of aromatic amines is 1. The van der Waals surface area contributed by atoms with E-state index in [1.54, 1.807) is 16.7 Å². The number of benzene rings is 2. The van der Waals surface area contributed by atoms with Crippen LogP contribution in [0.4, 0.5) is 0 Å². The number of aromatic nitrogens is 2. The Balaban J connectivity index is 0.00000231. The molecule has 4 atom stereocenters. The van der Waals surface area contributed by atoms with Crippen molar-refractivity contribution in [2.24, 2.45) is 0 Å². The van der Waals surface area contributed by atoms with E-state index in [0.29, 0.717) is 0 Å². The number of phenolic OH excluding ortho intramolecular Hbond substituents is 1. The lowest BCUT2D eigenvalue weighted by atomic mass is 9.96. The summed E-state index contributed by atoms with van der Waals surface area (Å²) in [6.45, 7) is 4.32. The van der Waals surface area contributed by atoms with Gasteiger partial charge in [0.2, 0.25) is 0 Å². The number of ether oxygens (including phenoxy) is 2. The van der Waals surface area contributed by atoms with Gasteiger partial charge in [0, 0.05) is 34.9 Å². The van der Waals surface area contributed by atoms with Crippen LogP contribution in [0.2, 0.25) is 0 Å². The average molecular weight is 489 g/mol. The fourth-order valence-electron chi connectivity index (χ4n) is 4.67. The van der Waals surface area contributed by atoms with Gasteiger partial charge in [-0.15, -0.1) is 0 Å². The van der Waals surface area contributed by atoms with E-state index in [1.807, 2.05) is 24.5 Å². The molecule has 1 saturated heterocycles. The summed E-state index contributed by atoms with van der Waals surface area (Å²) in [6.07, 6.45) is 0.410. The molecule has 4 N–H and O–H groups in total. The number of halogens is 1. The summed E-state index contributed by atoms with van der Waals surface area (Å²) in [5, 5.41) is 35.1. The van der Waals surface area contributed by atoms with Crippen molar-refractivity contribution in [2.75, 3.05) is 13.7 Å². The highest BCUT2D eigenvalue weighted by molar-refractivity contribution is 6.16. The Kier molecular flexibility index (Phi) is 5.70. The molecule has 0 radical (unpaired) electrons. The molecule has 4 aromatic rings. The molecular formula is C23H25BrN2O5. The van der Waals surface area contributed by atoms with E-state index in [9.17, 15) is 15.3 Å². The van der Waals surface area contributed by atoms with Crippen molar-refractivity contribution in [3.8, 4) is 5.75 Å². The summed E-state index contributed by atoms with van der Waals surface area (Å²) >= 11 is 0. The molecule has 3 heterocycles. The minimum atomic E-state index is -1.11. The number of methoxy groups -OCH3 is 1. The molecular weight excluding hydrogens is 464 g/mol. The quantitative estimate of drug-likeness (QED) is 0.281. The zero-order valence-corrected chi connectivity index (χ0v) is 19.0. The van der Waals surface area contributed by atoms with Crippen molar-refractivity contribution in [1.29, 1.82) is 0 Å². The zero-order chi connectivity index (χ0) is 21.2. The molecule has 164 valence electrons. The highest BCUT2D eigenvalue weighted by atomic mass is 79.9. The zero-order valence-electron chi connectivity index (χ0n) is 17.5. The molecule has 0 spiro atoms. The molecule has 7 nitrogen and oxygen atoms in total. The molecule has 31 heavy (non-hydrogen) atoms. The number of aliphatic hydroxyl groups is 2. The fraction of sp³-hybridized carbons (Fsp3) is 0.348. The molecule has 2 aromatic heterocycles. The topological polar surface area (TPSA) is 98.8 Å². The minimum Gasteiger partial charge on any atom is -1.00 e. The molecule has 1 aliphatic heterocycles.